The lowest BCUT2D eigenvalue weighted by molar-refractivity contribution is -0.149. The van der Waals surface area contributed by atoms with Crippen molar-refractivity contribution in [2.45, 2.75) is 63.4 Å². The molecule has 1 aromatic rings. The number of ketones is 1. The van der Waals surface area contributed by atoms with Crippen molar-refractivity contribution in [3.63, 3.8) is 0 Å². The highest BCUT2D eigenvalue weighted by Gasteiger charge is 2.63. The summed E-state index contributed by atoms with van der Waals surface area (Å²) >= 11 is 0. The number of carbonyl (C=O) groups is 2. The van der Waals surface area contributed by atoms with E-state index >= 15 is 0 Å². The lowest BCUT2D eigenvalue weighted by Gasteiger charge is -2.55. The van der Waals surface area contributed by atoms with Crippen LogP contribution in [-0.2, 0) is 14.3 Å². The summed E-state index contributed by atoms with van der Waals surface area (Å²) in [6.07, 6.45) is 9.62. The molecule has 0 aromatic heterocycles. The molecule has 5 rings (SSSR count). The summed E-state index contributed by atoms with van der Waals surface area (Å²) in [5.74, 6) is 1.62. The fourth-order valence-electron chi connectivity index (χ4n) is 7.71. The second-order valence-electron chi connectivity index (χ2n) is 10.5. The standard InChI is InChI=1S/C28H34O4/c1-27-15-24(19-6-4-18(16-29)5-7-19)26-22-11-9-21(30)14-20(22)8-10-23(26)25(27)12-13-28(27,32-3)17-31-2/h4-7,14,16,23-25H,8-13,15,17H2,1-3H3. The van der Waals surface area contributed by atoms with Gasteiger partial charge in [-0.3, -0.25) is 9.59 Å². The zero-order chi connectivity index (χ0) is 22.5. The zero-order valence-electron chi connectivity index (χ0n) is 19.5. The summed E-state index contributed by atoms with van der Waals surface area (Å²) in [6.45, 7) is 3.04. The largest absolute Gasteiger partial charge is 0.382 e. The molecule has 2 saturated carbocycles. The van der Waals surface area contributed by atoms with Crippen molar-refractivity contribution < 1.29 is 19.1 Å². The SMILES string of the molecule is COCC1(OC)CCC2C3CCC4=CC(=O)CCC4=C3C(c3ccc(C=O)cc3)CC21C. The average Bonchev–Trinajstić information content (AvgIpc) is 3.10. The van der Waals surface area contributed by atoms with Crippen molar-refractivity contribution in [2.75, 3.05) is 20.8 Å². The van der Waals surface area contributed by atoms with Gasteiger partial charge in [-0.25, -0.2) is 0 Å². The molecule has 5 atom stereocenters. The minimum atomic E-state index is -0.276. The summed E-state index contributed by atoms with van der Waals surface area (Å²) in [6, 6.07) is 8.14. The molecule has 0 radical (unpaired) electrons. The Morgan fingerprint density at radius 1 is 1.09 bits per heavy atom. The Labute approximate surface area is 191 Å². The van der Waals surface area contributed by atoms with Crippen molar-refractivity contribution in [3.8, 4) is 0 Å². The van der Waals surface area contributed by atoms with Gasteiger partial charge in [-0.1, -0.05) is 36.8 Å². The van der Waals surface area contributed by atoms with Crippen LogP contribution >= 0.6 is 0 Å². The highest BCUT2D eigenvalue weighted by molar-refractivity contribution is 5.93. The van der Waals surface area contributed by atoms with E-state index in [0.717, 1.165) is 44.8 Å². The van der Waals surface area contributed by atoms with Crippen molar-refractivity contribution >= 4 is 12.1 Å². The third-order valence-corrected chi connectivity index (χ3v) is 9.27. The number of methoxy groups -OCH3 is 2. The number of ether oxygens (including phenoxy) is 2. The maximum Gasteiger partial charge on any atom is 0.156 e. The van der Waals surface area contributed by atoms with E-state index in [-0.39, 0.29) is 22.7 Å². The predicted octanol–water partition coefficient (Wildman–Crippen LogP) is 5.43. The van der Waals surface area contributed by atoms with Gasteiger partial charge >= 0.3 is 0 Å². The lowest BCUT2D eigenvalue weighted by atomic mass is 9.51. The van der Waals surface area contributed by atoms with Gasteiger partial charge in [0.15, 0.2) is 5.78 Å². The Hall–Kier alpha value is -2.04. The van der Waals surface area contributed by atoms with Crippen LogP contribution in [-0.4, -0.2) is 38.5 Å². The van der Waals surface area contributed by atoms with Crippen LogP contribution in [0.4, 0.5) is 0 Å². The van der Waals surface area contributed by atoms with Crippen LogP contribution in [0.25, 0.3) is 0 Å². The Morgan fingerprint density at radius 2 is 1.88 bits per heavy atom. The Morgan fingerprint density at radius 3 is 2.56 bits per heavy atom. The van der Waals surface area contributed by atoms with E-state index in [4.69, 9.17) is 9.47 Å². The first kappa shape index (κ1) is 21.8. The number of hydrogen-bond acceptors (Lipinski definition) is 4. The minimum absolute atomic E-state index is 0.00614. The third kappa shape index (κ3) is 3.10. The van der Waals surface area contributed by atoms with E-state index in [9.17, 15) is 9.59 Å². The molecule has 0 aliphatic heterocycles. The summed E-state index contributed by atoms with van der Waals surface area (Å²) in [5, 5.41) is 0. The number of allylic oxidation sites excluding steroid dienone is 4. The number of rotatable bonds is 5. The Balaban J connectivity index is 1.67. The van der Waals surface area contributed by atoms with Gasteiger partial charge in [0.25, 0.3) is 0 Å². The molecule has 0 bridgehead atoms. The maximum absolute atomic E-state index is 12.2. The van der Waals surface area contributed by atoms with Crippen LogP contribution in [0.2, 0.25) is 0 Å². The Kier molecular flexibility index (Phi) is 5.50. The van der Waals surface area contributed by atoms with Gasteiger partial charge in [0, 0.05) is 37.5 Å². The second-order valence-corrected chi connectivity index (χ2v) is 10.5. The lowest BCUT2D eigenvalue weighted by Crippen LogP contribution is -2.54. The number of fused-ring (bicyclic) bond motifs is 4. The van der Waals surface area contributed by atoms with Crippen LogP contribution in [0.15, 0.2) is 47.1 Å². The van der Waals surface area contributed by atoms with Gasteiger partial charge < -0.3 is 9.47 Å². The van der Waals surface area contributed by atoms with Crippen LogP contribution in [0, 0.1) is 17.3 Å². The normalized spacial score (nSPS) is 36.3. The first-order valence-electron chi connectivity index (χ1n) is 12.0. The fourth-order valence-corrected chi connectivity index (χ4v) is 7.71. The molecule has 0 N–H and O–H groups in total. The Bertz CT molecular complexity index is 987. The van der Waals surface area contributed by atoms with E-state index < -0.39 is 0 Å². The number of benzene rings is 1. The quantitative estimate of drug-likeness (QED) is 0.580. The van der Waals surface area contributed by atoms with Crippen molar-refractivity contribution in [1.29, 1.82) is 0 Å². The average molecular weight is 435 g/mol. The van der Waals surface area contributed by atoms with Crippen LogP contribution in [0.3, 0.4) is 0 Å². The van der Waals surface area contributed by atoms with Gasteiger partial charge in [-0.15, -0.1) is 0 Å². The molecule has 32 heavy (non-hydrogen) atoms. The second kappa shape index (κ2) is 8.07. The molecule has 4 nitrogen and oxygen atoms in total. The van der Waals surface area contributed by atoms with E-state index in [1.165, 1.54) is 16.7 Å². The number of aldehydes is 1. The minimum Gasteiger partial charge on any atom is -0.382 e. The number of hydrogen-bond donors (Lipinski definition) is 0. The predicted molar refractivity (Wildman–Crippen MR) is 124 cm³/mol. The van der Waals surface area contributed by atoms with Crippen LogP contribution in [0.5, 0.6) is 0 Å². The molecule has 170 valence electrons. The van der Waals surface area contributed by atoms with E-state index in [1.807, 2.05) is 25.3 Å². The van der Waals surface area contributed by atoms with Gasteiger partial charge in [-0.2, -0.15) is 0 Å². The molecule has 0 saturated heterocycles. The van der Waals surface area contributed by atoms with Gasteiger partial charge in [0.05, 0.1) is 12.2 Å². The zero-order valence-corrected chi connectivity index (χ0v) is 19.5. The summed E-state index contributed by atoms with van der Waals surface area (Å²) in [5.41, 5.74) is 6.01. The molecule has 0 heterocycles. The monoisotopic (exact) mass is 434 g/mol. The van der Waals surface area contributed by atoms with E-state index in [0.29, 0.717) is 30.4 Å². The summed E-state index contributed by atoms with van der Waals surface area (Å²) in [4.78, 5) is 23.4. The van der Waals surface area contributed by atoms with Crippen LogP contribution in [0.1, 0.15) is 73.7 Å². The van der Waals surface area contributed by atoms with Crippen molar-refractivity contribution in [2.24, 2.45) is 17.3 Å². The van der Waals surface area contributed by atoms with Gasteiger partial charge in [-0.05, 0) is 73.1 Å². The van der Waals surface area contributed by atoms with Crippen molar-refractivity contribution in [1.82, 2.24) is 0 Å². The maximum atomic E-state index is 12.2. The highest BCUT2D eigenvalue weighted by Crippen LogP contribution is 2.67. The molecular weight excluding hydrogens is 400 g/mol. The molecule has 2 fully saturated rings. The summed E-state index contributed by atoms with van der Waals surface area (Å²) < 4.78 is 12.0. The third-order valence-electron chi connectivity index (χ3n) is 9.27. The molecule has 4 aliphatic carbocycles. The summed E-state index contributed by atoms with van der Waals surface area (Å²) in [7, 11) is 3.63. The first-order chi connectivity index (χ1) is 15.5. The molecule has 5 unspecified atom stereocenters. The van der Waals surface area contributed by atoms with Crippen LogP contribution < -0.4 is 0 Å². The smallest absolute Gasteiger partial charge is 0.156 e. The molecular formula is C28H34O4. The van der Waals surface area contributed by atoms with E-state index in [1.54, 1.807) is 12.7 Å². The highest BCUT2D eigenvalue weighted by atomic mass is 16.5. The molecule has 4 aliphatic rings. The van der Waals surface area contributed by atoms with Gasteiger partial charge in [0.2, 0.25) is 0 Å². The topological polar surface area (TPSA) is 52.6 Å². The first-order valence-corrected chi connectivity index (χ1v) is 12.0. The van der Waals surface area contributed by atoms with Crippen molar-refractivity contribution in [3.05, 3.63) is 58.2 Å². The molecule has 0 amide bonds. The van der Waals surface area contributed by atoms with E-state index in [2.05, 4.69) is 19.1 Å². The molecule has 4 heteroatoms. The fraction of sp³-hybridized carbons (Fsp3) is 0.571. The molecule has 0 spiro atoms. The van der Waals surface area contributed by atoms with Gasteiger partial charge in [0.1, 0.15) is 6.29 Å². The molecule has 1 aromatic carbocycles. The number of carbonyl (C=O) groups excluding carboxylic acids is 2.